The van der Waals surface area contributed by atoms with Crippen LogP contribution in [-0.4, -0.2) is 52.1 Å². The number of morpholine rings is 1. The summed E-state index contributed by atoms with van der Waals surface area (Å²) >= 11 is 0. The summed E-state index contributed by atoms with van der Waals surface area (Å²) in [6.07, 6.45) is -0.141. The number of nitrogens with zero attached hydrogens (tertiary/aromatic N) is 3. The van der Waals surface area contributed by atoms with Gasteiger partial charge in [0.25, 0.3) is 0 Å². The van der Waals surface area contributed by atoms with Gasteiger partial charge in [-0.2, -0.15) is 4.98 Å². The molecule has 0 saturated carbocycles. The Hall–Kier alpha value is -1.76. The summed E-state index contributed by atoms with van der Waals surface area (Å²) in [5.41, 5.74) is 0.941. The van der Waals surface area contributed by atoms with Crippen molar-refractivity contribution in [3.8, 4) is 11.4 Å². The van der Waals surface area contributed by atoms with E-state index in [9.17, 15) is 5.11 Å². The molecule has 0 aliphatic carbocycles. The van der Waals surface area contributed by atoms with E-state index >= 15 is 0 Å². The highest BCUT2D eigenvalue weighted by atomic mass is 16.5. The monoisotopic (exact) mass is 289 g/mol. The van der Waals surface area contributed by atoms with Crippen molar-refractivity contribution >= 4 is 0 Å². The smallest absolute Gasteiger partial charge is 0.241 e. The molecule has 0 amide bonds. The Morgan fingerprint density at radius 3 is 2.90 bits per heavy atom. The quantitative estimate of drug-likeness (QED) is 0.915. The molecule has 1 aliphatic rings. The zero-order chi connectivity index (χ0) is 14.7. The fraction of sp³-hybridized carbons (Fsp3) is 0.467. The van der Waals surface area contributed by atoms with Gasteiger partial charge in [-0.1, -0.05) is 35.5 Å². The Morgan fingerprint density at radius 1 is 1.33 bits per heavy atom. The highest BCUT2D eigenvalue weighted by Crippen LogP contribution is 2.18. The lowest BCUT2D eigenvalue weighted by atomic mass is 10.2. The van der Waals surface area contributed by atoms with Gasteiger partial charge in [0, 0.05) is 18.2 Å². The van der Waals surface area contributed by atoms with Crippen LogP contribution in [0.3, 0.4) is 0 Å². The Labute approximate surface area is 123 Å². The second-order valence-corrected chi connectivity index (χ2v) is 5.29. The summed E-state index contributed by atoms with van der Waals surface area (Å²) in [7, 11) is 0. The molecule has 1 N–H and O–H groups in total. The van der Waals surface area contributed by atoms with Crippen molar-refractivity contribution in [1.29, 1.82) is 0 Å². The van der Waals surface area contributed by atoms with Crippen LogP contribution < -0.4 is 0 Å². The summed E-state index contributed by atoms with van der Waals surface area (Å²) < 4.78 is 10.9. The van der Waals surface area contributed by atoms with Gasteiger partial charge >= 0.3 is 0 Å². The molecule has 6 heteroatoms. The van der Waals surface area contributed by atoms with Crippen LogP contribution in [0, 0.1) is 0 Å². The second-order valence-electron chi connectivity index (χ2n) is 5.29. The molecule has 0 spiro atoms. The van der Waals surface area contributed by atoms with Crippen molar-refractivity contribution in [3.05, 3.63) is 36.2 Å². The molecule has 2 unspecified atom stereocenters. The van der Waals surface area contributed by atoms with E-state index in [1.165, 1.54) is 0 Å². The van der Waals surface area contributed by atoms with Gasteiger partial charge < -0.3 is 14.4 Å². The minimum atomic E-state index is -0.141. The number of aliphatic hydroxyl groups excluding tert-OH is 1. The Morgan fingerprint density at radius 2 is 2.14 bits per heavy atom. The van der Waals surface area contributed by atoms with E-state index in [-0.39, 0.29) is 18.8 Å². The van der Waals surface area contributed by atoms with Crippen molar-refractivity contribution < 1.29 is 14.4 Å². The van der Waals surface area contributed by atoms with Gasteiger partial charge in [-0.05, 0) is 6.92 Å². The molecule has 0 radical (unpaired) electrons. The molecule has 2 heterocycles. The van der Waals surface area contributed by atoms with E-state index in [4.69, 9.17) is 9.26 Å². The largest absolute Gasteiger partial charge is 0.394 e. The van der Waals surface area contributed by atoms with Crippen LogP contribution in [0.1, 0.15) is 12.8 Å². The van der Waals surface area contributed by atoms with Crippen LogP contribution in [0.2, 0.25) is 0 Å². The normalized spacial score (nSPS) is 23.3. The maximum Gasteiger partial charge on any atom is 0.241 e. The fourth-order valence-electron chi connectivity index (χ4n) is 2.40. The highest BCUT2D eigenvalue weighted by Gasteiger charge is 2.27. The molecule has 1 saturated heterocycles. The summed E-state index contributed by atoms with van der Waals surface area (Å²) in [5, 5.41) is 13.2. The van der Waals surface area contributed by atoms with Gasteiger partial charge in [0.1, 0.15) is 0 Å². The molecule has 1 aromatic carbocycles. The van der Waals surface area contributed by atoms with E-state index in [0.29, 0.717) is 31.4 Å². The van der Waals surface area contributed by atoms with Crippen LogP contribution in [0.4, 0.5) is 0 Å². The Balaban J connectivity index is 1.69. The zero-order valence-corrected chi connectivity index (χ0v) is 12.0. The Kier molecular flexibility index (Phi) is 4.28. The van der Waals surface area contributed by atoms with Crippen molar-refractivity contribution in [2.24, 2.45) is 0 Å². The Bertz CT molecular complexity index is 573. The zero-order valence-electron chi connectivity index (χ0n) is 12.0. The molecule has 2 atom stereocenters. The molecule has 1 aliphatic heterocycles. The predicted octanol–water partition coefficient (Wildman–Crippen LogP) is 1.32. The third kappa shape index (κ3) is 3.29. The first-order valence-electron chi connectivity index (χ1n) is 7.11. The molecule has 112 valence electrons. The number of hydrogen-bond acceptors (Lipinski definition) is 6. The number of benzene rings is 1. The summed E-state index contributed by atoms with van der Waals surface area (Å²) in [6.45, 7) is 3.96. The van der Waals surface area contributed by atoms with E-state index in [1.807, 2.05) is 30.3 Å². The van der Waals surface area contributed by atoms with Crippen molar-refractivity contribution in [2.75, 3.05) is 19.8 Å². The third-order valence-corrected chi connectivity index (χ3v) is 3.68. The standard InChI is InChI=1S/C15H19N3O3/c1-11-10-20-13(9-19)7-18(11)8-14-16-15(17-21-14)12-5-3-2-4-6-12/h2-6,11,13,19H,7-10H2,1H3. The van der Waals surface area contributed by atoms with Crippen LogP contribution in [0.15, 0.2) is 34.9 Å². The van der Waals surface area contributed by atoms with Gasteiger partial charge in [-0.25, -0.2) is 0 Å². The molecule has 21 heavy (non-hydrogen) atoms. The molecular formula is C15H19N3O3. The van der Waals surface area contributed by atoms with E-state index < -0.39 is 0 Å². The maximum atomic E-state index is 9.21. The summed E-state index contributed by atoms with van der Waals surface area (Å²) in [5.74, 6) is 1.18. The third-order valence-electron chi connectivity index (χ3n) is 3.68. The lowest BCUT2D eigenvalue weighted by Gasteiger charge is -2.36. The first kappa shape index (κ1) is 14.2. The molecule has 6 nitrogen and oxygen atoms in total. The minimum absolute atomic E-state index is 0.0301. The molecule has 0 bridgehead atoms. The molecule has 1 fully saturated rings. The number of aliphatic hydroxyl groups is 1. The number of aromatic nitrogens is 2. The molecule has 2 aromatic rings. The average molecular weight is 289 g/mol. The lowest BCUT2D eigenvalue weighted by molar-refractivity contribution is -0.0827. The second kappa shape index (κ2) is 6.34. The predicted molar refractivity (Wildman–Crippen MR) is 76.4 cm³/mol. The fourth-order valence-corrected chi connectivity index (χ4v) is 2.40. The first-order valence-corrected chi connectivity index (χ1v) is 7.11. The number of ether oxygens (including phenoxy) is 1. The summed E-state index contributed by atoms with van der Waals surface area (Å²) in [6, 6.07) is 10.0. The highest BCUT2D eigenvalue weighted by molar-refractivity contribution is 5.53. The number of hydrogen-bond donors (Lipinski definition) is 1. The topological polar surface area (TPSA) is 71.6 Å². The molecule has 3 rings (SSSR count). The van der Waals surface area contributed by atoms with Gasteiger partial charge in [0.05, 0.1) is 25.9 Å². The van der Waals surface area contributed by atoms with Gasteiger partial charge in [0.15, 0.2) is 0 Å². The van der Waals surface area contributed by atoms with Gasteiger partial charge in [-0.15, -0.1) is 0 Å². The first-order chi connectivity index (χ1) is 10.3. The van der Waals surface area contributed by atoms with Gasteiger partial charge in [0.2, 0.25) is 11.7 Å². The van der Waals surface area contributed by atoms with Gasteiger partial charge in [-0.3, -0.25) is 4.90 Å². The van der Waals surface area contributed by atoms with Crippen molar-refractivity contribution in [2.45, 2.75) is 25.6 Å². The maximum absolute atomic E-state index is 9.21. The summed E-state index contributed by atoms with van der Waals surface area (Å²) in [4.78, 5) is 6.62. The number of rotatable bonds is 4. The lowest BCUT2D eigenvalue weighted by Crippen LogP contribution is -2.48. The van der Waals surface area contributed by atoms with Crippen LogP contribution in [-0.2, 0) is 11.3 Å². The van der Waals surface area contributed by atoms with Crippen LogP contribution >= 0.6 is 0 Å². The van der Waals surface area contributed by atoms with Crippen LogP contribution in [0.25, 0.3) is 11.4 Å². The van der Waals surface area contributed by atoms with Crippen molar-refractivity contribution in [3.63, 3.8) is 0 Å². The van der Waals surface area contributed by atoms with Crippen LogP contribution in [0.5, 0.6) is 0 Å². The van der Waals surface area contributed by atoms with Crippen molar-refractivity contribution in [1.82, 2.24) is 15.0 Å². The van der Waals surface area contributed by atoms with E-state index in [2.05, 4.69) is 22.0 Å². The van der Waals surface area contributed by atoms with E-state index in [0.717, 1.165) is 5.56 Å². The minimum Gasteiger partial charge on any atom is -0.394 e. The molecular weight excluding hydrogens is 270 g/mol. The average Bonchev–Trinajstić information content (AvgIpc) is 2.99. The molecule has 1 aromatic heterocycles. The SMILES string of the molecule is CC1COC(CO)CN1Cc1nc(-c2ccccc2)no1. The van der Waals surface area contributed by atoms with E-state index in [1.54, 1.807) is 0 Å².